The van der Waals surface area contributed by atoms with Crippen LogP contribution in [0.3, 0.4) is 0 Å². The van der Waals surface area contributed by atoms with Gasteiger partial charge in [-0.2, -0.15) is 0 Å². The first-order valence-electron chi connectivity index (χ1n) is 13.9. The van der Waals surface area contributed by atoms with Crippen LogP contribution in [-0.2, 0) is 45.6 Å². The van der Waals surface area contributed by atoms with Crippen molar-refractivity contribution < 1.29 is 50.7 Å². The number of aliphatic carboxylic acids is 1. The molecule has 0 aliphatic rings. The number of carbonyl (C=O) groups is 1. The van der Waals surface area contributed by atoms with E-state index in [0.29, 0.717) is 0 Å². The molecule has 6 aromatic carbocycles. The molecule has 1 N–H and O–H groups in total. The first kappa shape index (κ1) is 37.2. The SMILES string of the molecule is CC(=O)O.[Pd].[Pd].c1ccc([PH+](c2ccccc2)c2ccccc2)cc1.c1ccc([PH+](c2ccccc2)c2ccccc2)cc1. The molecule has 228 valence electrons. The van der Waals surface area contributed by atoms with E-state index in [2.05, 4.69) is 182 Å². The molecule has 0 spiro atoms. The second kappa shape index (κ2) is 20.8. The monoisotopic (exact) mass is 798 g/mol. The smallest absolute Gasteiger partial charge is 0.300 e. The van der Waals surface area contributed by atoms with Crippen LogP contribution in [0.15, 0.2) is 182 Å². The number of benzene rings is 6. The zero-order valence-corrected chi connectivity index (χ0v) is 29.4. The van der Waals surface area contributed by atoms with Crippen LogP contribution in [0, 0.1) is 0 Å². The fraction of sp³-hybridized carbons (Fsp3) is 0.0263. The summed E-state index contributed by atoms with van der Waals surface area (Å²) in [5.41, 5.74) is 0. The Morgan fingerprint density at radius 1 is 0.364 bits per heavy atom. The molecular weight excluding hydrogens is 763 g/mol. The molecule has 0 atom stereocenters. The normalized spacial score (nSPS) is 9.70. The van der Waals surface area contributed by atoms with Gasteiger partial charge in [-0.3, -0.25) is 4.79 Å². The number of carboxylic acid groups (broad SMARTS) is 1. The number of hydrogen-bond donors (Lipinski definition) is 1. The van der Waals surface area contributed by atoms with Crippen LogP contribution >= 0.6 is 15.8 Å². The van der Waals surface area contributed by atoms with Gasteiger partial charge in [0.05, 0.1) is 15.8 Å². The Morgan fingerprint density at radius 3 is 0.591 bits per heavy atom. The van der Waals surface area contributed by atoms with Gasteiger partial charge in [-0.05, 0) is 72.8 Å². The van der Waals surface area contributed by atoms with Gasteiger partial charge in [0.1, 0.15) is 31.8 Å². The van der Waals surface area contributed by atoms with Crippen molar-refractivity contribution >= 4 is 53.6 Å². The van der Waals surface area contributed by atoms with Gasteiger partial charge in [0.2, 0.25) is 0 Å². The van der Waals surface area contributed by atoms with Gasteiger partial charge in [0, 0.05) is 47.8 Å². The maximum atomic E-state index is 9.00. The topological polar surface area (TPSA) is 37.3 Å². The van der Waals surface area contributed by atoms with E-state index < -0.39 is 21.8 Å². The fourth-order valence-corrected chi connectivity index (χ4v) is 9.78. The van der Waals surface area contributed by atoms with E-state index in [1.807, 2.05) is 0 Å². The molecule has 0 amide bonds. The van der Waals surface area contributed by atoms with E-state index >= 15 is 0 Å². The molecule has 0 saturated heterocycles. The summed E-state index contributed by atoms with van der Waals surface area (Å²) in [4.78, 5) is 9.00. The van der Waals surface area contributed by atoms with Crippen LogP contribution in [0.5, 0.6) is 0 Å². The average molecular weight is 799 g/mol. The molecular formula is C38H36O2P2Pd2+2. The maximum Gasteiger partial charge on any atom is 0.300 e. The van der Waals surface area contributed by atoms with Crippen LogP contribution in [-0.4, -0.2) is 11.1 Å². The molecule has 6 heteroatoms. The molecule has 2 nitrogen and oxygen atoms in total. The van der Waals surface area contributed by atoms with Crippen molar-refractivity contribution in [1.29, 1.82) is 0 Å². The molecule has 0 unspecified atom stereocenters. The molecule has 0 fully saturated rings. The molecule has 0 saturated carbocycles. The number of rotatable bonds is 6. The summed E-state index contributed by atoms with van der Waals surface area (Å²) < 4.78 is 0. The molecule has 0 aromatic heterocycles. The van der Waals surface area contributed by atoms with Gasteiger partial charge >= 0.3 is 0 Å². The Balaban J connectivity index is 0.000000263. The molecule has 6 aromatic rings. The number of carboxylic acids is 1. The summed E-state index contributed by atoms with van der Waals surface area (Å²) in [5, 5.41) is 16.0. The van der Waals surface area contributed by atoms with Gasteiger partial charge in [-0.15, -0.1) is 0 Å². The minimum atomic E-state index is -0.877. The van der Waals surface area contributed by atoms with E-state index in [0.717, 1.165) is 6.92 Å². The third kappa shape index (κ3) is 11.8. The Morgan fingerprint density at radius 2 is 0.477 bits per heavy atom. The summed E-state index contributed by atoms with van der Waals surface area (Å²) in [6.45, 7) is 1.08. The van der Waals surface area contributed by atoms with E-state index in [1.54, 1.807) is 0 Å². The molecule has 0 heterocycles. The minimum Gasteiger partial charge on any atom is -0.481 e. The van der Waals surface area contributed by atoms with Crippen LogP contribution < -0.4 is 31.8 Å². The van der Waals surface area contributed by atoms with Gasteiger partial charge < -0.3 is 5.11 Å². The van der Waals surface area contributed by atoms with E-state index in [1.165, 1.54) is 31.8 Å². The Bertz CT molecular complexity index is 1280. The molecule has 0 radical (unpaired) electrons. The molecule has 44 heavy (non-hydrogen) atoms. The Hall–Kier alpha value is -3.03. The maximum absolute atomic E-state index is 9.00. The van der Waals surface area contributed by atoms with Crippen LogP contribution in [0.4, 0.5) is 0 Å². The van der Waals surface area contributed by atoms with Gasteiger partial charge in [0.25, 0.3) is 5.97 Å². The zero-order valence-electron chi connectivity index (χ0n) is 24.3. The van der Waals surface area contributed by atoms with Crippen molar-refractivity contribution in [2.75, 3.05) is 0 Å². The first-order valence-corrected chi connectivity index (χ1v) is 16.9. The van der Waals surface area contributed by atoms with Crippen molar-refractivity contribution in [2.45, 2.75) is 6.92 Å². The van der Waals surface area contributed by atoms with E-state index in [4.69, 9.17) is 9.90 Å². The Labute approximate surface area is 291 Å². The predicted octanol–water partition coefficient (Wildman–Crippen LogP) is 6.44. The van der Waals surface area contributed by atoms with Crippen molar-refractivity contribution in [3.63, 3.8) is 0 Å². The predicted molar refractivity (Wildman–Crippen MR) is 186 cm³/mol. The van der Waals surface area contributed by atoms with E-state index in [-0.39, 0.29) is 40.8 Å². The molecule has 0 bridgehead atoms. The van der Waals surface area contributed by atoms with E-state index in [9.17, 15) is 0 Å². The number of hydrogen-bond acceptors (Lipinski definition) is 1. The second-order valence-corrected chi connectivity index (χ2v) is 14.4. The summed E-state index contributed by atoms with van der Waals surface area (Å²) in [5.74, 6) is -0.833. The summed E-state index contributed by atoms with van der Waals surface area (Å²) in [7, 11) is -1.75. The van der Waals surface area contributed by atoms with Crippen LogP contribution in [0.25, 0.3) is 0 Å². The van der Waals surface area contributed by atoms with Crippen molar-refractivity contribution in [3.05, 3.63) is 182 Å². The summed E-state index contributed by atoms with van der Waals surface area (Å²) in [6, 6.07) is 65.0. The van der Waals surface area contributed by atoms with Crippen LogP contribution in [0.2, 0.25) is 0 Å². The Kier molecular flexibility index (Phi) is 17.6. The standard InChI is InChI=1S/2C18H15P.C2H4O2.2Pd/c2*1-4-10-16(11-5-1)19(17-12-6-2-7-13-17)18-14-8-3-9-15-18;1-2(3)4;;/h2*1-15H;1H3,(H,3,4);;/p+2. The molecule has 0 aliphatic heterocycles. The zero-order chi connectivity index (χ0) is 29.4. The van der Waals surface area contributed by atoms with Crippen molar-refractivity contribution in [1.82, 2.24) is 0 Å². The largest absolute Gasteiger partial charge is 0.481 e. The average Bonchev–Trinajstić information content (AvgIpc) is 3.05. The van der Waals surface area contributed by atoms with Crippen molar-refractivity contribution in [3.8, 4) is 0 Å². The molecule has 6 rings (SSSR count). The molecule has 0 aliphatic carbocycles. The first-order chi connectivity index (χ1) is 20.6. The van der Waals surface area contributed by atoms with Crippen LogP contribution in [0.1, 0.15) is 6.92 Å². The van der Waals surface area contributed by atoms with Crippen molar-refractivity contribution in [2.24, 2.45) is 0 Å². The minimum absolute atomic E-state index is 0. The quantitative estimate of drug-likeness (QED) is 0.156. The third-order valence-electron chi connectivity index (χ3n) is 6.37. The fourth-order valence-electron chi connectivity index (χ4n) is 4.63. The summed E-state index contributed by atoms with van der Waals surface area (Å²) >= 11 is 0. The van der Waals surface area contributed by atoms with Gasteiger partial charge in [-0.25, -0.2) is 0 Å². The van der Waals surface area contributed by atoms with Gasteiger partial charge in [0.15, 0.2) is 0 Å². The third-order valence-corrected chi connectivity index (χ3v) is 11.8. The summed E-state index contributed by atoms with van der Waals surface area (Å²) in [6.07, 6.45) is 0. The second-order valence-electron chi connectivity index (χ2n) is 9.47. The van der Waals surface area contributed by atoms with Gasteiger partial charge in [-0.1, -0.05) is 109 Å².